The lowest BCUT2D eigenvalue weighted by molar-refractivity contribution is -0.124. The van der Waals surface area contributed by atoms with Crippen molar-refractivity contribution < 1.29 is 4.79 Å². The van der Waals surface area contributed by atoms with Gasteiger partial charge in [-0.1, -0.05) is 26.8 Å². The number of rotatable bonds is 7. The molecule has 4 nitrogen and oxygen atoms in total. The van der Waals surface area contributed by atoms with Crippen LogP contribution in [0.25, 0.3) is 0 Å². The van der Waals surface area contributed by atoms with Gasteiger partial charge in [-0.25, -0.2) is 0 Å². The van der Waals surface area contributed by atoms with Crippen molar-refractivity contribution in [1.82, 2.24) is 10.2 Å². The van der Waals surface area contributed by atoms with E-state index in [0.717, 1.165) is 13.1 Å². The normalized spacial score (nSPS) is 14.1. The van der Waals surface area contributed by atoms with E-state index in [2.05, 4.69) is 22.4 Å². The van der Waals surface area contributed by atoms with E-state index in [1.807, 2.05) is 32.2 Å². The minimum absolute atomic E-state index is 0.0730. The number of carbonyl (C=O) groups excluding carboxylic acids is 1. The standard InChI is InChI=1S/C15H23N3OS/c1-5-18(9-13-7-6-8-20-13)10-14(19)17-15(4,11-16)12(2)3/h6-8,12H,5,9-10H2,1-4H3,(H,17,19)/t15-/m1/s1. The Morgan fingerprint density at radius 1 is 1.60 bits per heavy atom. The first-order valence-corrected chi connectivity index (χ1v) is 7.76. The lowest BCUT2D eigenvalue weighted by Gasteiger charge is -2.29. The molecule has 1 aromatic rings. The van der Waals surface area contributed by atoms with Crippen LogP contribution < -0.4 is 5.32 Å². The van der Waals surface area contributed by atoms with E-state index in [4.69, 9.17) is 0 Å². The molecule has 1 amide bonds. The summed E-state index contributed by atoms with van der Waals surface area (Å²) in [6, 6.07) is 6.28. The number of nitrogens with one attached hydrogen (secondary N) is 1. The van der Waals surface area contributed by atoms with E-state index in [1.54, 1.807) is 18.3 Å². The second kappa shape index (κ2) is 7.41. The molecule has 1 rings (SSSR count). The molecule has 1 N–H and O–H groups in total. The van der Waals surface area contributed by atoms with E-state index in [0.29, 0.717) is 6.54 Å². The maximum Gasteiger partial charge on any atom is 0.235 e. The molecule has 0 bridgehead atoms. The molecule has 0 aliphatic heterocycles. The Hall–Kier alpha value is -1.38. The predicted octanol–water partition coefficient (Wildman–Crippen LogP) is 2.62. The Labute approximate surface area is 125 Å². The molecular formula is C15H23N3OS. The maximum absolute atomic E-state index is 12.1. The number of thiophene rings is 1. The summed E-state index contributed by atoms with van der Waals surface area (Å²) in [7, 11) is 0. The van der Waals surface area contributed by atoms with Crippen LogP contribution in [0, 0.1) is 17.2 Å². The Morgan fingerprint density at radius 3 is 2.75 bits per heavy atom. The molecule has 110 valence electrons. The number of amides is 1. The number of hydrogen-bond acceptors (Lipinski definition) is 4. The minimum Gasteiger partial charge on any atom is -0.337 e. The van der Waals surface area contributed by atoms with Gasteiger partial charge in [0.2, 0.25) is 5.91 Å². The van der Waals surface area contributed by atoms with Crippen LogP contribution in [0.5, 0.6) is 0 Å². The van der Waals surface area contributed by atoms with Crippen molar-refractivity contribution >= 4 is 17.2 Å². The Kier molecular flexibility index (Phi) is 6.18. The van der Waals surface area contributed by atoms with Crippen LogP contribution in [0.3, 0.4) is 0 Å². The molecule has 0 aromatic carbocycles. The largest absolute Gasteiger partial charge is 0.337 e. The zero-order chi connectivity index (χ0) is 15.2. The van der Waals surface area contributed by atoms with Gasteiger partial charge in [-0.3, -0.25) is 9.69 Å². The monoisotopic (exact) mass is 293 g/mol. The predicted molar refractivity (Wildman–Crippen MR) is 82.3 cm³/mol. The fraction of sp³-hybridized carbons (Fsp3) is 0.600. The molecule has 0 aliphatic rings. The van der Waals surface area contributed by atoms with Crippen molar-refractivity contribution in [2.45, 2.75) is 39.8 Å². The van der Waals surface area contributed by atoms with Crippen LogP contribution in [0.4, 0.5) is 0 Å². The zero-order valence-electron chi connectivity index (χ0n) is 12.6. The molecule has 0 saturated carbocycles. The van der Waals surface area contributed by atoms with Crippen LogP contribution in [-0.2, 0) is 11.3 Å². The first-order chi connectivity index (χ1) is 9.41. The fourth-order valence-electron chi connectivity index (χ4n) is 1.74. The summed E-state index contributed by atoms with van der Waals surface area (Å²) >= 11 is 1.69. The minimum atomic E-state index is -0.806. The third-order valence-corrected chi connectivity index (χ3v) is 4.42. The Balaban J connectivity index is 2.57. The molecule has 1 atom stereocenters. The van der Waals surface area contributed by atoms with E-state index >= 15 is 0 Å². The number of likely N-dealkylation sites (N-methyl/N-ethyl adjacent to an activating group) is 1. The van der Waals surface area contributed by atoms with Gasteiger partial charge in [-0.2, -0.15) is 5.26 Å². The number of nitrogens with zero attached hydrogens (tertiary/aromatic N) is 2. The number of hydrogen-bond donors (Lipinski definition) is 1. The van der Waals surface area contributed by atoms with Gasteiger partial charge in [0.1, 0.15) is 5.54 Å². The summed E-state index contributed by atoms with van der Waals surface area (Å²) in [6.45, 7) is 9.57. The van der Waals surface area contributed by atoms with Crippen molar-refractivity contribution in [3.63, 3.8) is 0 Å². The van der Waals surface area contributed by atoms with Crippen molar-refractivity contribution in [1.29, 1.82) is 5.26 Å². The summed E-state index contributed by atoms with van der Waals surface area (Å²) < 4.78 is 0. The molecule has 0 radical (unpaired) electrons. The third-order valence-electron chi connectivity index (χ3n) is 3.56. The highest BCUT2D eigenvalue weighted by Crippen LogP contribution is 2.15. The van der Waals surface area contributed by atoms with Gasteiger partial charge in [0.05, 0.1) is 12.6 Å². The summed E-state index contributed by atoms with van der Waals surface area (Å²) in [6.07, 6.45) is 0. The Bertz CT molecular complexity index is 464. The summed E-state index contributed by atoms with van der Waals surface area (Å²) in [5, 5.41) is 14.1. The molecular weight excluding hydrogens is 270 g/mol. The van der Waals surface area contributed by atoms with Gasteiger partial charge in [0.25, 0.3) is 0 Å². The van der Waals surface area contributed by atoms with E-state index in [9.17, 15) is 10.1 Å². The van der Waals surface area contributed by atoms with Crippen molar-refractivity contribution in [2.24, 2.45) is 5.92 Å². The smallest absolute Gasteiger partial charge is 0.235 e. The van der Waals surface area contributed by atoms with Crippen LogP contribution in [0.15, 0.2) is 17.5 Å². The number of nitriles is 1. The molecule has 0 aliphatic carbocycles. The van der Waals surface area contributed by atoms with Crippen LogP contribution in [0.1, 0.15) is 32.6 Å². The molecule has 0 saturated heterocycles. The molecule has 20 heavy (non-hydrogen) atoms. The van der Waals surface area contributed by atoms with Crippen LogP contribution >= 0.6 is 11.3 Å². The maximum atomic E-state index is 12.1. The summed E-state index contributed by atoms with van der Waals surface area (Å²) in [5.74, 6) is -0.0232. The van der Waals surface area contributed by atoms with Crippen molar-refractivity contribution in [2.75, 3.05) is 13.1 Å². The van der Waals surface area contributed by atoms with E-state index in [-0.39, 0.29) is 11.8 Å². The van der Waals surface area contributed by atoms with E-state index in [1.165, 1.54) is 4.88 Å². The van der Waals surface area contributed by atoms with Gasteiger partial charge in [0, 0.05) is 11.4 Å². The summed E-state index contributed by atoms with van der Waals surface area (Å²) in [5.41, 5.74) is -0.806. The average Bonchev–Trinajstić information content (AvgIpc) is 2.90. The van der Waals surface area contributed by atoms with Gasteiger partial charge in [-0.15, -0.1) is 11.3 Å². The first-order valence-electron chi connectivity index (χ1n) is 6.88. The molecule has 0 fully saturated rings. The molecule has 5 heteroatoms. The highest BCUT2D eigenvalue weighted by Gasteiger charge is 2.30. The highest BCUT2D eigenvalue weighted by molar-refractivity contribution is 7.09. The molecule has 1 aromatic heterocycles. The highest BCUT2D eigenvalue weighted by atomic mass is 32.1. The summed E-state index contributed by atoms with van der Waals surface area (Å²) in [4.78, 5) is 15.4. The topological polar surface area (TPSA) is 56.1 Å². The van der Waals surface area contributed by atoms with Crippen LogP contribution in [0.2, 0.25) is 0 Å². The van der Waals surface area contributed by atoms with Gasteiger partial charge >= 0.3 is 0 Å². The van der Waals surface area contributed by atoms with Gasteiger partial charge < -0.3 is 5.32 Å². The third kappa shape index (κ3) is 4.62. The van der Waals surface area contributed by atoms with Gasteiger partial charge in [0.15, 0.2) is 0 Å². The lowest BCUT2D eigenvalue weighted by atomic mass is 9.90. The second-order valence-electron chi connectivity index (χ2n) is 5.40. The number of carbonyl (C=O) groups is 1. The fourth-order valence-corrected chi connectivity index (χ4v) is 2.48. The first kappa shape index (κ1) is 16.7. The van der Waals surface area contributed by atoms with Gasteiger partial charge in [-0.05, 0) is 30.8 Å². The SMILES string of the molecule is CCN(CC(=O)N[C@](C)(C#N)C(C)C)Cc1cccs1. The van der Waals surface area contributed by atoms with Crippen molar-refractivity contribution in [3.8, 4) is 6.07 Å². The van der Waals surface area contributed by atoms with Crippen molar-refractivity contribution in [3.05, 3.63) is 22.4 Å². The zero-order valence-corrected chi connectivity index (χ0v) is 13.5. The Morgan fingerprint density at radius 2 is 2.30 bits per heavy atom. The lowest BCUT2D eigenvalue weighted by Crippen LogP contribution is -2.51. The molecule has 1 heterocycles. The van der Waals surface area contributed by atoms with Crippen LogP contribution in [-0.4, -0.2) is 29.4 Å². The second-order valence-corrected chi connectivity index (χ2v) is 6.43. The molecule has 0 unspecified atom stereocenters. The quantitative estimate of drug-likeness (QED) is 0.841. The average molecular weight is 293 g/mol. The molecule has 0 spiro atoms. The van der Waals surface area contributed by atoms with E-state index < -0.39 is 5.54 Å².